The normalized spacial score (nSPS) is 19.0. The number of hydrogen-bond acceptors (Lipinski definition) is 3. The molecule has 128 valence electrons. The average Bonchev–Trinajstić information content (AvgIpc) is 3.32. The van der Waals surface area contributed by atoms with Crippen LogP contribution < -0.4 is 10.1 Å². The molecule has 1 saturated carbocycles. The summed E-state index contributed by atoms with van der Waals surface area (Å²) in [6.45, 7) is 2.49. The molecule has 2 atom stereocenters. The van der Waals surface area contributed by atoms with Crippen molar-refractivity contribution in [3.63, 3.8) is 0 Å². The van der Waals surface area contributed by atoms with E-state index in [1.54, 1.807) is 7.11 Å². The van der Waals surface area contributed by atoms with Gasteiger partial charge in [-0.2, -0.15) is 0 Å². The number of fused-ring (bicyclic) bond motifs is 1. The highest BCUT2D eigenvalue weighted by molar-refractivity contribution is 5.83. The number of rotatable bonds is 5. The summed E-state index contributed by atoms with van der Waals surface area (Å²) in [4.78, 5) is 17.0. The Hall–Kier alpha value is -2.82. The number of carbonyl (C=O) groups is 1. The maximum atomic E-state index is 12.5. The Morgan fingerprint density at radius 1 is 1.28 bits per heavy atom. The first-order chi connectivity index (χ1) is 12.2. The molecule has 0 radical (unpaired) electrons. The van der Waals surface area contributed by atoms with Crippen LogP contribution in [0.1, 0.15) is 29.3 Å². The molecule has 1 aromatic carbocycles. The van der Waals surface area contributed by atoms with Crippen LogP contribution in [0.2, 0.25) is 0 Å². The van der Waals surface area contributed by atoms with Crippen molar-refractivity contribution in [3.05, 3.63) is 65.6 Å². The molecule has 0 aliphatic heterocycles. The molecule has 0 bridgehead atoms. The Labute approximate surface area is 146 Å². The Morgan fingerprint density at radius 3 is 2.92 bits per heavy atom. The van der Waals surface area contributed by atoms with Crippen LogP contribution in [0.3, 0.4) is 0 Å². The largest absolute Gasteiger partial charge is 0.496 e. The van der Waals surface area contributed by atoms with Crippen molar-refractivity contribution in [1.82, 2.24) is 14.7 Å². The summed E-state index contributed by atoms with van der Waals surface area (Å²) < 4.78 is 7.44. The van der Waals surface area contributed by atoms with Crippen molar-refractivity contribution in [2.24, 2.45) is 5.92 Å². The van der Waals surface area contributed by atoms with Crippen LogP contribution in [0.15, 0.2) is 48.7 Å². The van der Waals surface area contributed by atoms with Crippen molar-refractivity contribution in [2.45, 2.75) is 25.8 Å². The molecule has 25 heavy (non-hydrogen) atoms. The molecule has 0 saturated heterocycles. The van der Waals surface area contributed by atoms with Gasteiger partial charge in [-0.25, -0.2) is 4.98 Å². The standard InChI is InChI=1S/C20H21N3O2/c1-13-6-5-9-19-22-14(12-23(13)19)11-21-20(24)17-10-16(17)15-7-3-4-8-18(15)25-2/h3-9,12,16-17H,10-11H2,1-2H3,(H,21,24)/t16-,17+/m0/s1. The molecular formula is C20H21N3O2. The second kappa shape index (κ2) is 6.24. The van der Waals surface area contributed by atoms with Crippen LogP contribution in [0.25, 0.3) is 5.65 Å². The number of aromatic nitrogens is 2. The molecule has 0 unspecified atom stereocenters. The molecule has 1 fully saturated rings. The van der Waals surface area contributed by atoms with Gasteiger partial charge < -0.3 is 14.5 Å². The zero-order valence-electron chi connectivity index (χ0n) is 14.4. The lowest BCUT2D eigenvalue weighted by Crippen LogP contribution is -2.25. The molecule has 1 aliphatic rings. The third-order valence-electron chi connectivity index (χ3n) is 4.86. The van der Waals surface area contributed by atoms with Gasteiger partial charge in [-0.15, -0.1) is 0 Å². The van der Waals surface area contributed by atoms with Gasteiger partial charge in [-0.05, 0) is 43.0 Å². The van der Waals surface area contributed by atoms with Crippen LogP contribution in [0.5, 0.6) is 5.75 Å². The van der Waals surface area contributed by atoms with E-state index >= 15 is 0 Å². The summed E-state index contributed by atoms with van der Waals surface area (Å²) in [5.74, 6) is 1.22. The van der Waals surface area contributed by atoms with E-state index < -0.39 is 0 Å². The van der Waals surface area contributed by atoms with Gasteiger partial charge in [-0.3, -0.25) is 4.79 Å². The van der Waals surface area contributed by atoms with Gasteiger partial charge in [0.1, 0.15) is 11.4 Å². The van der Waals surface area contributed by atoms with Crippen LogP contribution in [0, 0.1) is 12.8 Å². The number of nitrogens with zero attached hydrogens (tertiary/aromatic N) is 2. The number of carbonyl (C=O) groups excluding carboxylic acids is 1. The van der Waals surface area contributed by atoms with Gasteiger partial charge in [0.15, 0.2) is 0 Å². The first kappa shape index (κ1) is 15.7. The van der Waals surface area contributed by atoms with Gasteiger partial charge in [0, 0.05) is 17.8 Å². The van der Waals surface area contributed by atoms with E-state index in [0.717, 1.165) is 34.8 Å². The lowest BCUT2D eigenvalue weighted by molar-refractivity contribution is -0.122. The number of imidazole rings is 1. The molecule has 4 rings (SSSR count). The summed E-state index contributed by atoms with van der Waals surface area (Å²) in [5.41, 5.74) is 4.02. The monoisotopic (exact) mass is 335 g/mol. The lowest BCUT2D eigenvalue weighted by atomic mass is 10.1. The fourth-order valence-electron chi connectivity index (χ4n) is 3.39. The van der Waals surface area contributed by atoms with E-state index in [2.05, 4.69) is 10.3 Å². The lowest BCUT2D eigenvalue weighted by Gasteiger charge is -2.07. The van der Waals surface area contributed by atoms with Crippen molar-refractivity contribution < 1.29 is 9.53 Å². The molecule has 1 N–H and O–H groups in total. The van der Waals surface area contributed by atoms with Crippen LogP contribution >= 0.6 is 0 Å². The topological polar surface area (TPSA) is 55.6 Å². The van der Waals surface area contributed by atoms with Crippen LogP contribution in [0.4, 0.5) is 0 Å². The molecule has 1 aliphatic carbocycles. The Balaban J connectivity index is 1.40. The van der Waals surface area contributed by atoms with Gasteiger partial charge in [0.2, 0.25) is 5.91 Å². The van der Waals surface area contributed by atoms with E-state index in [-0.39, 0.29) is 17.7 Å². The summed E-state index contributed by atoms with van der Waals surface area (Å²) in [7, 11) is 1.67. The second-order valence-electron chi connectivity index (χ2n) is 6.54. The zero-order valence-corrected chi connectivity index (χ0v) is 14.4. The van der Waals surface area contributed by atoms with Gasteiger partial charge in [0.25, 0.3) is 0 Å². The Bertz CT molecular complexity index is 932. The first-order valence-corrected chi connectivity index (χ1v) is 8.51. The van der Waals surface area contributed by atoms with Crippen LogP contribution in [-0.4, -0.2) is 22.4 Å². The highest BCUT2D eigenvalue weighted by Gasteiger charge is 2.45. The van der Waals surface area contributed by atoms with E-state index in [9.17, 15) is 4.79 Å². The minimum Gasteiger partial charge on any atom is -0.496 e. The van der Waals surface area contributed by atoms with Crippen molar-refractivity contribution in [2.75, 3.05) is 7.11 Å². The predicted octanol–water partition coefficient (Wildman–Crippen LogP) is 3.07. The van der Waals surface area contributed by atoms with E-state index in [0.29, 0.717) is 6.54 Å². The molecule has 2 aromatic heterocycles. The summed E-state index contributed by atoms with van der Waals surface area (Å²) in [6.07, 6.45) is 2.85. The number of para-hydroxylation sites is 1. The quantitative estimate of drug-likeness (QED) is 0.779. The number of amides is 1. The third kappa shape index (κ3) is 2.97. The number of methoxy groups -OCH3 is 1. The molecule has 2 heterocycles. The van der Waals surface area contributed by atoms with E-state index in [1.165, 1.54) is 0 Å². The number of benzene rings is 1. The first-order valence-electron chi connectivity index (χ1n) is 8.51. The summed E-state index contributed by atoms with van der Waals surface area (Å²) in [6, 6.07) is 13.9. The fraction of sp³-hybridized carbons (Fsp3) is 0.300. The van der Waals surface area contributed by atoms with E-state index in [4.69, 9.17) is 4.74 Å². The van der Waals surface area contributed by atoms with Gasteiger partial charge in [0.05, 0.1) is 19.3 Å². The SMILES string of the molecule is COc1ccccc1[C@@H]1C[C@H]1C(=O)NCc1cn2c(C)cccc2n1. The number of nitrogens with one attached hydrogen (secondary N) is 1. The molecule has 3 aromatic rings. The Kier molecular flexibility index (Phi) is 3.92. The smallest absolute Gasteiger partial charge is 0.224 e. The highest BCUT2D eigenvalue weighted by Crippen LogP contribution is 2.50. The minimum atomic E-state index is 0.0232. The molecular weight excluding hydrogens is 314 g/mol. The molecule has 1 amide bonds. The second-order valence-corrected chi connectivity index (χ2v) is 6.54. The van der Waals surface area contributed by atoms with Gasteiger partial charge >= 0.3 is 0 Å². The van der Waals surface area contributed by atoms with Crippen LogP contribution in [-0.2, 0) is 11.3 Å². The van der Waals surface area contributed by atoms with Gasteiger partial charge in [-0.1, -0.05) is 24.3 Å². The molecule has 5 nitrogen and oxygen atoms in total. The Morgan fingerprint density at radius 2 is 2.12 bits per heavy atom. The molecule has 5 heteroatoms. The van der Waals surface area contributed by atoms with E-state index in [1.807, 2.05) is 60.0 Å². The maximum Gasteiger partial charge on any atom is 0.224 e. The predicted molar refractivity (Wildman–Crippen MR) is 95.6 cm³/mol. The number of ether oxygens (including phenoxy) is 1. The third-order valence-corrected chi connectivity index (χ3v) is 4.86. The minimum absolute atomic E-state index is 0.0232. The zero-order chi connectivity index (χ0) is 17.4. The number of hydrogen-bond donors (Lipinski definition) is 1. The van der Waals surface area contributed by atoms with Crippen molar-refractivity contribution in [1.29, 1.82) is 0 Å². The summed E-state index contributed by atoms with van der Waals surface area (Å²) >= 11 is 0. The average molecular weight is 335 g/mol. The number of aryl methyl sites for hydroxylation is 1. The maximum absolute atomic E-state index is 12.5. The highest BCUT2D eigenvalue weighted by atomic mass is 16.5. The fourth-order valence-corrected chi connectivity index (χ4v) is 3.39. The molecule has 0 spiro atoms. The van der Waals surface area contributed by atoms with Crippen molar-refractivity contribution >= 4 is 11.6 Å². The number of pyridine rings is 1. The summed E-state index contributed by atoms with van der Waals surface area (Å²) in [5, 5.41) is 3.02. The van der Waals surface area contributed by atoms with Crippen molar-refractivity contribution in [3.8, 4) is 5.75 Å².